The molecule has 0 radical (unpaired) electrons. The van der Waals surface area contributed by atoms with Gasteiger partial charge in [0.25, 0.3) is 0 Å². The summed E-state index contributed by atoms with van der Waals surface area (Å²) in [6.45, 7) is 8.75. The first kappa shape index (κ1) is 14.3. The smallest absolute Gasteiger partial charge is 0.335 e. The minimum atomic E-state index is -0.554. The molecule has 96 valence electrons. The van der Waals surface area contributed by atoms with Crippen molar-refractivity contribution < 1.29 is 14.6 Å². The van der Waals surface area contributed by atoms with Gasteiger partial charge in [0.1, 0.15) is 5.76 Å². The molecule has 1 rings (SSSR count). The number of aromatic hydroxyl groups is 1. The van der Waals surface area contributed by atoms with Crippen LogP contribution in [0.1, 0.15) is 12.5 Å². The summed E-state index contributed by atoms with van der Waals surface area (Å²) < 4.78 is 4.83. The van der Waals surface area contributed by atoms with Crippen LogP contribution < -0.4 is 0 Å². The molecule has 0 aliphatic rings. The van der Waals surface area contributed by atoms with Crippen LogP contribution in [-0.2, 0) is 9.53 Å². The summed E-state index contributed by atoms with van der Waals surface area (Å²) in [6, 6.07) is 8.63. The van der Waals surface area contributed by atoms with Crippen molar-refractivity contribution in [1.82, 2.24) is 0 Å². The molecule has 0 fully saturated rings. The fourth-order valence-corrected chi connectivity index (χ4v) is 1.27. The Morgan fingerprint density at radius 3 is 2.63 bits per heavy atom. The lowest BCUT2D eigenvalue weighted by Gasteiger charge is -2.01. The first-order chi connectivity index (χ1) is 9.06. The summed E-state index contributed by atoms with van der Waals surface area (Å²) >= 11 is 0. The van der Waals surface area contributed by atoms with Crippen LogP contribution >= 0.6 is 0 Å². The van der Waals surface area contributed by atoms with E-state index in [4.69, 9.17) is 9.84 Å². The van der Waals surface area contributed by atoms with Crippen LogP contribution in [0, 0.1) is 12.1 Å². The van der Waals surface area contributed by atoms with Crippen molar-refractivity contribution in [2.45, 2.75) is 6.92 Å². The molecule has 3 nitrogen and oxygen atoms in total. The highest BCUT2D eigenvalue weighted by molar-refractivity contribution is 5.82. The second-order valence-electron chi connectivity index (χ2n) is 3.55. The predicted octanol–water partition coefficient (Wildman–Crippen LogP) is 3.19. The van der Waals surface area contributed by atoms with E-state index in [1.165, 1.54) is 6.07 Å². The van der Waals surface area contributed by atoms with Crippen molar-refractivity contribution in [1.29, 1.82) is 0 Å². The molecule has 0 unspecified atom stereocenters. The number of rotatable bonds is 5. The third kappa shape index (κ3) is 4.57. The molecule has 0 saturated heterocycles. The molecule has 1 aromatic carbocycles. The van der Waals surface area contributed by atoms with Crippen molar-refractivity contribution in [3.05, 3.63) is 73.1 Å². The van der Waals surface area contributed by atoms with E-state index >= 15 is 0 Å². The van der Waals surface area contributed by atoms with Crippen molar-refractivity contribution in [3.8, 4) is 5.75 Å². The molecule has 19 heavy (non-hydrogen) atoms. The number of carbonyl (C=O) groups is 1. The number of carbonyl (C=O) groups excluding carboxylic acids is 1. The molecule has 0 amide bonds. The summed E-state index contributed by atoms with van der Waals surface area (Å²) in [7, 11) is 0. The molecule has 0 aliphatic heterocycles. The Kier molecular flexibility index (Phi) is 5.18. The van der Waals surface area contributed by atoms with Gasteiger partial charge in [0, 0.05) is 11.6 Å². The Hall–Kier alpha value is -2.73. The fraction of sp³-hybridized carbons (Fsp3) is 0.0625. The highest BCUT2D eigenvalue weighted by atomic mass is 16.5. The zero-order chi connectivity index (χ0) is 14.3. The van der Waals surface area contributed by atoms with Gasteiger partial charge in [0.2, 0.25) is 0 Å². The molecule has 3 heteroatoms. The van der Waals surface area contributed by atoms with Gasteiger partial charge in [0.15, 0.2) is 5.75 Å². The number of esters is 1. The topological polar surface area (TPSA) is 46.5 Å². The van der Waals surface area contributed by atoms with Gasteiger partial charge >= 0.3 is 5.97 Å². The molecular weight excluding hydrogens is 240 g/mol. The Labute approximate surface area is 112 Å². The summed E-state index contributed by atoms with van der Waals surface area (Å²) in [5.74, 6) is -0.305. The van der Waals surface area contributed by atoms with Gasteiger partial charge in [-0.3, -0.25) is 0 Å². The molecule has 0 bridgehead atoms. The standard InChI is InChI=1S/C16H14O3/c1-4-13(14-8-10-15(17)11-9-14)7-6-12(3)19-16(18)5-2/h4-8,10,17H,2-3H2,1H3/b7-6-,13-4+. The van der Waals surface area contributed by atoms with E-state index in [1.807, 2.05) is 13.0 Å². The average molecular weight is 254 g/mol. The highest BCUT2D eigenvalue weighted by Gasteiger charge is 1.99. The highest BCUT2D eigenvalue weighted by Crippen LogP contribution is 2.16. The zero-order valence-electron chi connectivity index (χ0n) is 10.6. The molecule has 0 atom stereocenters. The van der Waals surface area contributed by atoms with E-state index in [0.717, 1.165) is 17.2 Å². The summed E-state index contributed by atoms with van der Waals surface area (Å²) in [5, 5.41) is 9.15. The largest absolute Gasteiger partial charge is 0.501 e. The lowest BCUT2D eigenvalue weighted by Crippen LogP contribution is -1.97. The summed E-state index contributed by atoms with van der Waals surface area (Å²) in [6.07, 6.45) is 6.22. The Balaban J connectivity index is 2.78. The second-order valence-corrected chi connectivity index (χ2v) is 3.55. The van der Waals surface area contributed by atoms with Gasteiger partial charge < -0.3 is 9.84 Å². The summed E-state index contributed by atoms with van der Waals surface area (Å²) in [5.41, 5.74) is 1.60. The van der Waals surface area contributed by atoms with E-state index in [1.54, 1.807) is 18.2 Å². The first-order valence-electron chi connectivity index (χ1n) is 5.57. The van der Waals surface area contributed by atoms with Gasteiger partial charge in [-0.15, -0.1) is 0 Å². The molecule has 0 aliphatic carbocycles. The zero-order valence-corrected chi connectivity index (χ0v) is 10.6. The minimum Gasteiger partial charge on any atom is -0.501 e. The van der Waals surface area contributed by atoms with Crippen molar-refractivity contribution in [3.63, 3.8) is 0 Å². The number of hydrogen-bond acceptors (Lipinski definition) is 3. The van der Waals surface area contributed by atoms with Crippen LogP contribution in [0.3, 0.4) is 0 Å². The van der Waals surface area contributed by atoms with Gasteiger partial charge in [-0.05, 0) is 36.8 Å². The van der Waals surface area contributed by atoms with E-state index in [2.05, 4.69) is 25.3 Å². The van der Waals surface area contributed by atoms with E-state index in [0.29, 0.717) is 0 Å². The van der Waals surface area contributed by atoms with Crippen molar-refractivity contribution in [2.24, 2.45) is 0 Å². The molecule has 0 saturated carbocycles. The molecule has 0 spiro atoms. The van der Waals surface area contributed by atoms with Gasteiger partial charge in [-0.1, -0.05) is 31.4 Å². The lowest BCUT2D eigenvalue weighted by atomic mass is 10.1. The third-order valence-corrected chi connectivity index (χ3v) is 2.20. The minimum absolute atomic E-state index is 0.0347. The fourth-order valence-electron chi connectivity index (χ4n) is 1.27. The SMILES string of the molecule is C=CC(=O)OC(=C)/C=C\C(=C/C)c1c#cc(O)cc1. The normalized spacial score (nSPS) is 10.9. The Morgan fingerprint density at radius 1 is 1.37 bits per heavy atom. The maximum Gasteiger partial charge on any atom is 0.335 e. The molecule has 0 aromatic heterocycles. The van der Waals surface area contributed by atoms with Gasteiger partial charge in [-0.25, -0.2) is 4.79 Å². The third-order valence-electron chi connectivity index (χ3n) is 2.20. The lowest BCUT2D eigenvalue weighted by molar-refractivity contribution is -0.133. The molecule has 1 N–H and O–H groups in total. The Morgan fingerprint density at radius 2 is 2.11 bits per heavy atom. The summed E-state index contributed by atoms with van der Waals surface area (Å²) in [4.78, 5) is 11.0. The van der Waals surface area contributed by atoms with Gasteiger partial charge in [-0.2, -0.15) is 0 Å². The number of hydrogen-bond donors (Lipinski definition) is 1. The maximum atomic E-state index is 11.0. The number of ether oxygens (including phenoxy) is 1. The van der Waals surface area contributed by atoms with Crippen molar-refractivity contribution >= 4 is 11.5 Å². The van der Waals surface area contributed by atoms with Crippen LogP contribution in [0.15, 0.2) is 55.4 Å². The Bertz CT molecular complexity index is 534. The van der Waals surface area contributed by atoms with E-state index < -0.39 is 5.97 Å². The quantitative estimate of drug-likeness (QED) is 0.380. The van der Waals surface area contributed by atoms with E-state index in [9.17, 15) is 4.79 Å². The second kappa shape index (κ2) is 6.87. The molecule has 0 heterocycles. The van der Waals surface area contributed by atoms with Crippen LogP contribution in [0.2, 0.25) is 0 Å². The van der Waals surface area contributed by atoms with Crippen molar-refractivity contribution in [2.75, 3.05) is 0 Å². The maximum absolute atomic E-state index is 11.0. The van der Waals surface area contributed by atoms with Crippen LogP contribution in [0.5, 0.6) is 5.75 Å². The average Bonchev–Trinajstić information content (AvgIpc) is 2.41. The predicted molar refractivity (Wildman–Crippen MR) is 74.0 cm³/mol. The van der Waals surface area contributed by atoms with Gasteiger partial charge in [0.05, 0.1) is 0 Å². The van der Waals surface area contributed by atoms with Crippen LogP contribution in [0.4, 0.5) is 0 Å². The molecule has 1 aromatic rings. The van der Waals surface area contributed by atoms with E-state index in [-0.39, 0.29) is 11.5 Å². The first-order valence-corrected chi connectivity index (χ1v) is 5.57. The number of allylic oxidation sites excluding steroid dienone is 4. The molecular formula is C16H14O3. The monoisotopic (exact) mass is 254 g/mol. The van der Waals surface area contributed by atoms with Crippen LogP contribution in [-0.4, -0.2) is 11.1 Å². The van der Waals surface area contributed by atoms with Crippen LogP contribution in [0.25, 0.3) is 5.57 Å².